The number of rotatable bonds is 4. The monoisotopic (exact) mass is 316 g/mol. The van der Waals surface area contributed by atoms with Crippen molar-refractivity contribution in [3.63, 3.8) is 0 Å². The molecule has 21 heavy (non-hydrogen) atoms. The SMILES string of the molecule is O=S(=O)(c1ccccc1NC1CN2CCC1CC2)C(F)F. The molecule has 0 aromatic heterocycles. The van der Waals surface area contributed by atoms with Gasteiger partial charge in [-0.3, -0.25) is 0 Å². The van der Waals surface area contributed by atoms with Crippen LogP contribution in [0.5, 0.6) is 0 Å². The molecule has 1 aromatic carbocycles. The van der Waals surface area contributed by atoms with E-state index in [9.17, 15) is 17.2 Å². The highest BCUT2D eigenvalue weighted by Gasteiger charge is 2.35. The number of piperidine rings is 3. The van der Waals surface area contributed by atoms with E-state index in [1.807, 2.05) is 0 Å². The van der Waals surface area contributed by atoms with Gasteiger partial charge in [-0.25, -0.2) is 8.42 Å². The van der Waals surface area contributed by atoms with Crippen molar-refractivity contribution < 1.29 is 17.2 Å². The lowest BCUT2D eigenvalue weighted by atomic mass is 9.84. The normalized spacial score (nSPS) is 28.8. The minimum atomic E-state index is -4.58. The van der Waals surface area contributed by atoms with Crippen LogP contribution >= 0.6 is 0 Å². The third kappa shape index (κ3) is 2.76. The summed E-state index contributed by atoms with van der Waals surface area (Å²) >= 11 is 0. The van der Waals surface area contributed by atoms with Crippen LogP contribution in [0.1, 0.15) is 12.8 Å². The van der Waals surface area contributed by atoms with Crippen molar-refractivity contribution in [1.29, 1.82) is 0 Å². The molecule has 0 saturated carbocycles. The largest absolute Gasteiger partial charge is 0.380 e. The molecule has 3 heterocycles. The Morgan fingerprint density at radius 3 is 2.43 bits per heavy atom. The van der Waals surface area contributed by atoms with E-state index in [1.54, 1.807) is 12.1 Å². The molecule has 116 valence electrons. The van der Waals surface area contributed by atoms with E-state index < -0.39 is 15.6 Å². The van der Waals surface area contributed by atoms with Crippen molar-refractivity contribution in [2.75, 3.05) is 25.0 Å². The van der Waals surface area contributed by atoms with Crippen LogP contribution in [0.4, 0.5) is 14.5 Å². The molecular formula is C14H18F2N2O2S. The highest BCUT2D eigenvalue weighted by atomic mass is 32.2. The molecule has 3 aliphatic rings. The van der Waals surface area contributed by atoms with E-state index in [2.05, 4.69) is 10.2 Å². The second-order valence-electron chi connectivity index (χ2n) is 5.69. The Morgan fingerprint density at radius 2 is 1.86 bits per heavy atom. The molecular weight excluding hydrogens is 298 g/mol. The average molecular weight is 316 g/mol. The number of sulfone groups is 1. The predicted molar refractivity (Wildman–Crippen MR) is 76.2 cm³/mol. The van der Waals surface area contributed by atoms with Gasteiger partial charge in [-0.1, -0.05) is 12.1 Å². The van der Waals surface area contributed by atoms with Crippen molar-refractivity contribution in [3.8, 4) is 0 Å². The zero-order valence-corrected chi connectivity index (χ0v) is 12.3. The Balaban J connectivity index is 1.87. The van der Waals surface area contributed by atoms with E-state index in [0.717, 1.165) is 32.5 Å². The molecule has 1 aromatic rings. The number of fused-ring (bicyclic) bond motifs is 3. The van der Waals surface area contributed by atoms with Crippen LogP contribution in [0.25, 0.3) is 0 Å². The summed E-state index contributed by atoms with van der Waals surface area (Å²) in [4.78, 5) is 2.01. The number of nitrogens with zero attached hydrogens (tertiary/aromatic N) is 1. The Kier molecular flexibility index (Phi) is 3.88. The fourth-order valence-corrected chi connectivity index (χ4v) is 4.15. The predicted octanol–water partition coefficient (Wildman–Crippen LogP) is 2.19. The molecule has 2 bridgehead atoms. The summed E-state index contributed by atoms with van der Waals surface area (Å²) in [5.74, 6) is -2.91. The lowest BCUT2D eigenvalue weighted by Crippen LogP contribution is -2.53. The minimum Gasteiger partial charge on any atom is -0.380 e. The molecule has 0 amide bonds. The second-order valence-corrected chi connectivity index (χ2v) is 7.58. The number of benzene rings is 1. The maximum absolute atomic E-state index is 12.8. The fraction of sp³-hybridized carbons (Fsp3) is 0.571. The van der Waals surface area contributed by atoms with Gasteiger partial charge in [-0.15, -0.1) is 0 Å². The average Bonchev–Trinajstić information content (AvgIpc) is 2.49. The standard InChI is InChI=1S/C14H18F2N2O2S/c15-14(16)21(19,20)13-4-2-1-3-11(13)17-12-9-18-7-5-10(12)6-8-18/h1-4,10,12,14,17H,5-9H2. The number of hydrogen-bond donors (Lipinski definition) is 1. The smallest absolute Gasteiger partial charge is 0.341 e. The maximum atomic E-state index is 12.8. The summed E-state index contributed by atoms with van der Waals surface area (Å²) in [6.45, 7) is 2.98. The summed E-state index contributed by atoms with van der Waals surface area (Å²) in [5.41, 5.74) is 0.288. The third-order valence-electron chi connectivity index (χ3n) is 4.43. The van der Waals surface area contributed by atoms with Crippen molar-refractivity contribution >= 4 is 15.5 Å². The minimum absolute atomic E-state index is 0.126. The first-order chi connectivity index (χ1) is 9.98. The quantitative estimate of drug-likeness (QED) is 0.925. The van der Waals surface area contributed by atoms with Gasteiger partial charge in [0, 0.05) is 12.6 Å². The van der Waals surface area contributed by atoms with Gasteiger partial charge in [0.05, 0.1) is 10.6 Å². The summed E-state index contributed by atoms with van der Waals surface area (Å²) in [6.07, 6.45) is 2.14. The van der Waals surface area contributed by atoms with Gasteiger partial charge < -0.3 is 10.2 Å². The van der Waals surface area contributed by atoms with Crippen molar-refractivity contribution in [2.24, 2.45) is 5.92 Å². The molecule has 0 radical (unpaired) electrons. The van der Waals surface area contributed by atoms with Crippen LogP contribution < -0.4 is 5.32 Å². The molecule has 1 unspecified atom stereocenters. The number of halogens is 2. The van der Waals surface area contributed by atoms with Crippen LogP contribution in [0.2, 0.25) is 0 Å². The Hall–Kier alpha value is -1.21. The molecule has 3 aliphatic heterocycles. The number of anilines is 1. The van der Waals surface area contributed by atoms with Gasteiger partial charge in [0.15, 0.2) is 0 Å². The molecule has 4 nitrogen and oxygen atoms in total. The molecule has 3 saturated heterocycles. The van der Waals surface area contributed by atoms with Crippen LogP contribution in [0.15, 0.2) is 29.2 Å². The summed E-state index contributed by atoms with van der Waals surface area (Å²) in [6, 6.07) is 6.06. The van der Waals surface area contributed by atoms with E-state index in [4.69, 9.17) is 0 Å². The first-order valence-electron chi connectivity index (χ1n) is 7.08. The van der Waals surface area contributed by atoms with Gasteiger partial charge >= 0.3 is 5.76 Å². The number of nitrogens with one attached hydrogen (secondary N) is 1. The zero-order chi connectivity index (χ0) is 15.0. The summed E-state index contributed by atoms with van der Waals surface area (Å²) in [7, 11) is -4.58. The number of alkyl halides is 2. The highest BCUT2D eigenvalue weighted by molar-refractivity contribution is 7.91. The molecule has 1 N–H and O–H groups in total. The van der Waals surface area contributed by atoms with Crippen LogP contribution in [0.3, 0.4) is 0 Å². The summed E-state index contributed by atoms with van der Waals surface area (Å²) in [5, 5.41) is 3.19. The van der Waals surface area contributed by atoms with Gasteiger partial charge in [0.1, 0.15) is 0 Å². The van der Waals surface area contributed by atoms with E-state index in [-0.39, 0.29) is 16.6 Å². The first-order valence-corrected chi connectivity index (χ1v) is 8.63. The van der Waals surface area contributed by atoms with Gasteiger partial charge in [0.2, 0.25) is 9.84 Å². The molecule has 1 atom stereocenters. The van der Waals surface area contributed by atoms with Gasteiger partial charge in [-0.05, 0) is 44.0 Å². The molecule has 0 spiro atoms. The van der Waals surface area contributed by atoms with Crippen LogP contribution in [-0.4, -0.2) is 44.8 Å². The summed E-state index contributed by atoms with van der Waals surface area (Å²) < 4.78 is 49.1. The zero-order valence-electron chi connectivity index (χ0n) is 11.5. The van der Waals surface area contributed by atoms with Crippen molar-refractivity contribution in [2.45, 2.75) is 29.5 Å². The topological polar surface area (TPSA) is 49.4 Å². The van der Waals surface area contributed by atoms with Crippen molar-refractivity contribution in [3.05, 3.63) is 24.3 Å². The lowest BCUT2D eigenvalue weighted by molar-refractivity contribution is 0.0974. The molecule has 3 fully saturated rings. The van der Waals surface area contributed by atoms with Gasteiger partial charge in [0.25, 0.3) is 0 Å². The lowest BCUT2D eigenvalue weighted by Gasteiger charge is -2.45. The Morgan fingerprint density at radius 1 is 1.19 bits per heavy atom. The van der Waals surface area contributed by atoms with Crippen molar-refractivity contribution in [1.82, 2.24) is 4.90 Å². The van der Waals surface area contributed by atoms with E-state index in [1.165, 1.54) is 12.1 Å². The van der Waals surface area contributed by atoms with Gasteiger partial charge in [-0.2, -0.15) is 8.78 Å². The third-order valence-corrected chi connectivity index (χ3v) is 5.86. The first kappa shape index (κ1) is 14.7. The maximum Gasteiger partial charge on any atom is 0.341 e. The number of hydrogen-bond acceptors (Lipinski definition) is 4. The number of para-hydroxylation sites is 1. The van der Waals surface area contributed by atoms with E-state index in [0.29, 0.717) is 5.92 Å². The van der Waals surface area contributed by atoms with E-state index >= 15 is 0 Å². The van der Waals surface area contributed by atoms with Crippen LogP contribution in [-0.2, 0) is 9.84 Å². The Bertz CT molecular complexity index is 613. The molecule has 7 heteroatoms. The second kappa shape index (κ2) is 5.53. The Labute approximate surface area is 123 Å². The molecule has 4 rings (SSSR count). The fourth-order valence-electron chi connectivity index (χ4n) is 3.26. The highest BCUT2D eigenvalue weighted by Crippen LogP contribution is 2.32. The molecule has 0 aliphatic carbocycles. The van der Waals surface area contributed by atoms with Crippen LogP contribution in [0, 0.1) is 5.92 Å².